The van der Waals surface area contributed by atoms with Crippen molar-refractivity contribution in [1.29, 1.82) is 0 Å². The van der Waals surface area contributed by atoms with Crippen LogP contribution in [-0.2, 0) is 23.7 Å². The lowest BCUT2D eigenvalue weighted by Gasteiger charge is -2.44. The SMILES string of the molecule is CO[C@H]1OC[C@@H](S[C@@H]2OC[C@@H](S[C@@H]3OC[C@@H](S[C@@H]4OC[C@@H](O)[C@H](O)[C@H]4O)[C@H](O)[C@H]3O)[C@H](O)[C@H]2O)[C@H](O)[C@H]1O. The van der Waals surface area contributed by atoms with Crippen molar-refractivity contribution in [3.8, 4) is 0 Å². The molecule has 4 aliphatic rings. The monoisotopic (exact) mass is 608 g/mol. The Balaban J connectivity index is 1.27. The van der Waals surface area contributed by atoms with Gasteiger partial charge in [-0.3, -0.25) is 0 Å². The van der Waals surface area contributed by atoms with Gasteiger partial charge in [-0.2, -0.15) is 0 Å². The number of hydrogen-bond acceptors (Lipinski definition) is 17. The molecule has 0 aliphatic carbocycles. The molecule has 4 fully saturated rings. The van der Waals surface area contributed by atoms with Crippen molar-refractivity contribution in [2.75, 3.05) is 33.5 Å². The van der Waals surface area contributed by atoms with E-state index >= 15 is 0 Å². The minimum Gasteiger partial charge on any atom is -0.389 e. The average Bonchev–Trinajstić information content (AvgIpc) is 2.90. The number of aliphatic hydroxyl groups is 9. The van der Waals surface area contributed by atoms with Gasteiger partial charge in [-0.05, 0) is 0 Å². The van der Waals surface area contributed by atoms with Crippen LogP contribution in [0.2, 0.25) is 0 Å². The number of methoxy groups -OCH3 is 1. The van der Waals surface area contributed by atoms with Crippen LogP contribution in [0.5, 0.6) is 0 Å². The smallest absolute Gasteiger partial charge is 0.185 e. The summed E-state index contributed by atoms with van der Waals surface area (Å²) in [7, 11) is 1.34. The van der Waals surface area contributed by atoms with Crippen LogP contribution in [0.4, 0.5) is 0 Å². The molecule has 16 atom stereocenters. The predicted octanol–water partition coefficient (Wildman–Crippen LogP) is -4.39. The van der Waals surface area contributed by atoms with Gasteiger partial charge in [0.15, 0.2) is 6.29 Å². The minimum atomic E-state index is -1.40. The van der Waals surface area contributed by atoms with Crippen LogP contribution in [-0.4, -0.2) is 173 Å². The second-order valence-electron chi connectivity index (χ2n) is 9.56. The van der Waals surface area contributed by atoms with E-state index in [4.69, 9.17) is 23.7 Å². The molecule has 0 bridgehead atoms. The van der Waals surface area contributed by atoms with E-state index in [0.717, 1.165) is 35.3 Å². The molecular weight excluding hydrogens is 572 g/mol. The van der Waals surface area contributed by atoms with Gasteiger partial charge in [0.2, 0.25) is 0 Å². The van der Waals surface area contributed by atoms with Crippen molar-refractivity contribution in [3.05, 3.63) is 0 Å². The molecule has 222 valence electrons. The van der Waals surface area contributed by atoms with E-state index in [1.807, 2.05) is 0 Å². The molecule has 0 aromatic rings. The maximum atomic E-state index is 10.7. The molecule has 0 unspecified atom stereocenters. The maximum Gasteiger partial charge on any atom is 0.185 e. The zero-order chi connectivity index (χ0) is 27.7. The summed E-state index contributed by atoms with van der Waals surface area (Å²) in [6.07, 6.45) is -12.8. The predicted molar refractivity (Wildman–Crippen MR) is 134 cm³/mol. The Bertz CT molecular complexity index is 758. The Kier molecular flexibility index (Phi) is 11.3. The average molecular weight is 609 g/mol. The molecule has 4 saturated heterocycles. The summed E-state index contributed by atoms with van der Waals surface area (Å²) in [5.74, 6) is 0. The van der Waals surface area contributed by atoms with E-state index in [2.05, 4.69) is 0 Å². The van der Waals surface area contributed by atoms with Crippen LogP contribution in [0, 0.1) is 0 Å². The van der Waals surface area contributed by atoms with Gasteiger partial charge in [-0.25, -0.2) is 0 Å². The third kappa shape index (κ3) is 6.75. The fourth-order valence-electron chi connectivity index (χ4n) is 4.53. The van der Waals surface area contributed by atoms with Gasteiger partial charge in [0.1, 0.15) is 52.9 Å². The van der Waals surface area contributed by atoms with Crippen molar-refractivity contribution in [1.82, 2.24) is 0 Å². The standard InChI is InChI=1S/C21H36O14S3/c1-31-18-14(27)11(24)7(3-32-18)36-20-16(29)13(26)9(5-34-20)38-21-17(30)12(25)8(4-35-21)37-19-15(28)10(23)6(22)2-33-19/h6-30H,2-5H2,1H3/t6-,7-,8-,9-,10+,11+,12+,13+,14-,15-,16-,17-,18+,19+,20+,21+/m1/s1. The van der Waals surface area contributed by atoms with Crippen molar-refractivity contribution in [2.24, 2.45) is 0 Å². The summed E-state index contributed by atoms with van der Waals surface area (Å²) < 4.78 is 27.1. The first-order chi connectivity index (χ1) is 18.0. The van der Waals surface area contributed by atoms with Crippen LogP contribution < -0.4 is 0 Å². The van der Waals surface area contributed by atoms with Crippen molar-refractivity contribution in [3.63, 3.8) is 0 Å². The largest absolute Gasteiger partial charge is 0.389 e. The number of hydrogen-bond donors (Lipinski definition) is 9. The van der Waals surface area contributed by atoms with Gasteiger partial charge in [0, 0.05) is 7.11 Å². The van der Waals surface area contributed by atoms with E-state index in [1.54, 1.807) is 0 Å². The highest BCUT2D eigenvalue weighted by Gasteiger charge is 2.48. The normalized spacial score (nSPS) is 52.6. The zero-order valence-electron chi connectivity index (χ0n) is 20.4. The van der Waals surface area contributed by atoms with Crippen LogP contribution >= 0.6 is 35.3 Å². The summed E-state index contributed by atoms with van der Waals surface area (Å²) in [5, 5.41) is 90.8. The summed E-state index contributed by atoms with van der Waals surface area (Å²) in [6.45, 7) is -0.232. The quantitative estimate of drug-likeness (QED) is 0.133. The second-order valence-corrected chi connectivity index (χ2v) is 13.6. The van der Waals surface area contributed by atoms with Gasteiger partial charge in [0.05, 0.1) is 60.5 Å². The van der Waals surface area contributed by atoms with E-state index in [1.165, 1.54) is 7.11 Å². The van der Waals surface area contributed by atoms with Gasteiger partial charge in [0.25, 0.3) is 0 Å². The van der Waals surface area contributed by atoms with Crippen LogP contribution in [0.3, 0.4) is 0 Å². The lowest BCUT2D eigenvalue weighted by Crippen LogP contribution is -2.57. The highest BCUT2D eigenvalue weighted by Crippen LogP contribution is 2.40. The Hall–Kier alpha value is 0.490. The second kappa shape index (κ2) is 13.6. The molecular formula is C21H36O14S3. The van der Waals surface area contributed by atoms with Gasteiger partial charge in [-0.1, -0.05) is 0 Å². The van der Waals surface area contributed by atoms with E-state index in [-0.39, 0.29) is 26.4 Å². The van der Waals surface area contributed by atoms with Crippen LogP contribution in [0.25, 0.3) is 0 Å². The van der Waals surface area contributed by atoms with E-state index < -0.39 is 93.3 Å². The Morgan fingerprint density at radius 3 is 1.29 bits per heavy atom. The fourth-order valence-corrected chi connectivity index (χ4v) is 8.43. The highest BCUT2D eigenvalue weighted by atomic mass is 32.2. The molecule has 17 heteroatoms. The third-order valence-electron chi connectivity index (χ3n) is 6.92. The first kappa shape index (κ1) is 31.4. The van der Waals surface area contributed by atoms with Crippen LogP contribution in [0.15, 0.2) is 0 Å². The van der Waals surface area contributed by atoms with Gasteiger partial charge in [-0.15, -0.1) is 35.3 Å². The van der Waals surface area contributed by atoms with Crippen LogP contribution in [0.1, 0.15) is 0 Å². The molecule has 14 nitrogen and oxygen atoms in total. The molecule has 38 heavy (non-hydrogen) atoms. The van der Waals surface area contributed by atoms with E-state index in [0.29, 0.717) is 0 Å². The zero-order valence-corrected chi connectivity index (χ0v) is 22.8. The number of aliphatic hydroxyl groups excluding tert-OH is 9. The van der Waals surface area contributed by atoms with Gasteiger partial charge >= 0.3 is 0 Å². The molecule has 0 saturated carbocycles. The fraction of sp³-hybridized carbons (Fsp3) is 1.00. The molecule has 0 spiro atoms. The Labute approximate surface area is 231 Å². The van der Waals surface area contributed by atoms with Gasteiger partial charge < -0.3 is 69.6 Å². The summed E-state index contributed by atoms with van der Waals surface area (Å²) in [5.41, 5.74) is -2.82. The Morgan fingerprint density at radius 1 is 0.474 bits per heavy atom. The number of rotatable bonds is 7. The Morgan fingerprint density at radius 2 is 0.842 bits per heavy atom. The maximum absolute atomic E-state index is 10.7. The minimum absolute atomic E-state index is 0.0311. The first-order valence-corrected chi connectivity index (χ1v) is 14.9. The molecule has 0 amide bonds. The molecule has 9 N–H and O–H groups in total. The third-order valence-corrected chi connectivity index (χ3v) is 11.3. The molecule has 4 rings (SSSR count). The molecule has 0 aromatic heterocycles. The lowest BCUT2D eigenvalue weighted by molar-refractivity contribution is -0.230. The summed E-state index contributed by atoms with van der Waals surface area (Å²) in [6, 6.07) is 0. The first-order valence-electron chi connectivity index (χ1n) is 12.1. The summed E-state index contributed by atoms with van der Waals surface area (Å²) >= 11 is 2.99. The number of ether oxygens (including phenoxy) is 5. The van der Waals surface area contributed by atoms with Crippen molar-refractivity contribution < 1.29 is 69.6 Å². The molecule has 4 heterocycles. The highest BCUT2D eigenvalue weighted by molar-refractivity contribution is 8.01. The molecule has 4 aliphatic heterocycles. The lowest BCUT2D eigenvalue weighted by atomic mass is 10.1. The summed E-state index contributed by atoms with van der Waals surface area (Å²) in [4.78, 5) is 0. The topological polar surface area (TPSA) is 228 Å². The number of thioether (sulfide) groups is 3. The molecule has 0 aromatic carbocycles. The van der Waals surface area contributed by atoms with E-state index in [9.17, 15) is 46.0 Å². The van der Waals surface area contributed by atoms with Crippen molar-refractivity contribution >= 4 is 35.3 Å². The van der Waals surface area contributed by atoms with Crippen molar-refractivity contribution in [2.45, 2.75) is 93.3 Å². The molecule has 0 radical (unpaired) electrons.